The molecule has 142 valence electrons. The van der Waals surface area contributed by atoms with E-state index in [1.54, 1.807) is 36.4 Å². The lowest BCUT2D eigenvalue weighted by Crippen LogP contribution is -2.28. The average molecular weight is 395 g/mol. The summed E-state index contributed by atoms with van der Waals surface area (Å²) in [7, 11) is 1.52. The highest BCUT2D eigenvalue weighted by atomic mass is 32.1. The van der Waals surface area contributed by atoms with Gasteiger partial charge in [-0.05, 0) is 35.7 Å². The van der Waals surface area contributed by atoms with E-state index in [-0.39, 0.29) is 17.9 Å². The Bertz CT molecular complexity index is 1040. The van der Waals surface area contributed by atoms with E-state index in [1.165, 1.54) is 29.6 Å². The summed E-state index contributed by atoms with van der Waals surface area (Å²) >= 11 is 1.42. The number of Topliss-reactive ketones (excluding diaryl/α,β-unsaturated/α-hetero) is 1. The maximum Gasteiger partial charge on any atom is 0.296 e. The van der Waals surface area contributed by atoms with Gasteiger partial charge in [0.05, 0.1) is 25.5 Å². The number of aliphatic hydroxyl groups excluding tert-OH is 1. The van der Waals surface area contributed by atoms with Crippen molar-refractivity contribution in [2.24, 2.45) is 0 Å². The second-order valence-corrected chi connectivity index (χ2v) is 7.23. The summed E-state index contributed by atoms with van der Waals surface area (Å²) in [6.07, 6.45) is 1.52. The topological polar surface area (TPSA) is 80.0 Å². The lowest BCUT2D eigenvalue weighted by atomic mass is 9.99. The molecule has 0 spiro atoms. The molecule has 1 aliphatic heterocycles. The summed E-state index contributed by atoms with van der Waals surface area (Å²) in [4.78, 5) is 27.8. The van der Waals surface area contributed by atoms with E-state index < -0.39 is 17.7 Å². The van der Waals surface area contributed by atoms with Crippen molar-refractivity contribution in [2.75, 3.05) is 7.11 Å². The maximum atomic E-state index is 12.9. The molecule has 3 aromatic rings. The molecular formula is C21H17NO5S. The Morgan fingerprint density at radius 1 is 1.21 bits per heavy atom. The number of hydrogen-bond acceptors (Lipinski definition) is 6. The number of hydrogen-bond donors (Lipinski definition) is 1. The van der Waals surface area contributed by atoms with E-state index in [1.807, 2.05) is 17.5 Å². The molecule has 1 saturated heterocycles. The highest BCUT2D eigenvalue weighted by Gasteiger charge is 2.46. The number of benzene rings is 1. The first-order valence-electron chi connectivity index (χ1n) is 8.58. The minimum atomic E-state index is -0.717. The number of likely N-dealkylation sites (tertiary alicyclic amines) is 1. The van der Waals surface area contributed by atoms with E-state index in [0.29, 0.717) is 17.1 Å². The number of carbonyl (C=O) groups excluding carboxylic acids is 2. The fraction of sp³-hybridized carbons (Fsp3) is 0.143. The van der Waals surface area contributed by atoms with Crippen LogP contribution in [0.25, 0.3) is 5.76 Å². The highest BCUT2D eigenvalue weighted by Crippen LogP contribution is 2.42. The molecule has 1 aliphatic rings. The number of nitrogens with zero attached hydrogens (tertiary/aromatic N) is 1. The molecule has 1 N–H and O–H groups in total. The number of carbonyl (C=O) groups is 2. The molecule has 0 radical (unpaired) electrons. The van der Waals surface area contributed by atoms with Gasteiger partial charge in [0.2, 0.25) is 0 Å². The third-order valence-electron chi connectivity index (χ3n) is 4.60. The molecule has 3 heterocycles. The van der Waals surface area contributed by atoms with Crippen molar-refractivity contribution < 1.29 is 23.8 Å². The predicted octanol–water partition coefficient (Wildman–Crippen LogP) is 3.97. The van der Waals surface area contributed by atoms with E-state index in [4.69, 9.17) is 9.15 Å². The lowest BCUT2D eigenvalue weighted by Gasteiger charge is -2.23. The van der Waals surface area contributed by atoms with Gasteiger partial charge in [0.25, 0.3) is 11.7 Å². The zero-order chi connectivity index (χ0) is 19.7. The van der Waals surface area contributed by atoms with Crippen LogP contribution in [-0.4, -0.2) is 28.8 Å². The molecule has 2 aromatic heterocycles. The summed E-state index contributed by atoms with van der Waals surface area (Å²) in [5.74, 6) is -0.506. The molecule has 28 heavy (non-hydrogen) atoms. The van der Waals surface area contributed by atoms with Crippen molar-refractivity contribution in [1.82, 2.24) is 4.90 Å². The van der Waals surface area contributed by atoms with Crippen LogP contribution in [0.15, 0.2) is 70.2 Å². The molecule has 1 aromatic carbocycles. The quantitative estimate of drug-likeness (QED) is 0.402. The van der Waals surface area contributed by atoms with E-state index in [0.717, 1.165) is 4.88 Å². The summed E-state index contributed by atoms with van der Waals surface area (Å²) in [6, 6.07) is 13.2. The summed E-state index contributed by atoms with van der Waals surface area (Å²) in [5, 5.41) is 12.8. The number of thiophene rings is 1. The van der Waals surface area contributed by atoms with Gasteiger partial charge >= 0.3 is 0 Å². The standard InChI is InChI=1S/C21H17NO5S/c1-26-14-6-2-5-13(11-14)19(23)17-18(16-8-4-10-28-16)22(21(25)20(17)24)12-15-7-3-9-27-15/h2-11,18,23H,12H2,1H3. The third-order valence-corrected chi connectivity index (χ3v) is 5.53. The predicted molar refractivity (Wildman–Crippen MR) is 104 cm³/mol. The average Bonchev–Trinajstić information content (AvgIpc) is 3.46. The summed E-state index contributed by atoms with van der Waals surface area (Å²) in [5.41, 5.74) is 0.476. The summed E-state index contributed by atoms with van der Waals surface area (Å²) in [6.45, 7) is 0.134. The first kappa shape index (κ1) is 18.1. The Labute approximate surface area is 165 Å². The molecule has 4 rings (SSSR count). The Kier molecular flexibility index (Phi) is 4.75. The van der Waals surface area contributed by atoms with Gasteiger partial charge in [0.15, 0.2) is 0 Å². The third kappa shape index (κ3) is 3.10. The minimum Gasteiger partial charge on any atom is -0.507 e. The molecular weight excluding hydrogens is 378 g/mol. The van der Waals surface area contributed by atoms with Gasteiger partial charge in [0.1, 0.15) is 23.3 Å². The monoisotopic (exact) mass is 395 g/mol. The number of ether oxygens (including phenoxy) is 1. The number of rotatable bonds is 5. The van der Waals surface area contributed by atoms with Gasteiger partial charge in [-0.25, -0.2) is 0 Å². The largest absolute Gasteiger partial charge is 0.507 e. The molecule has 0 bridgehead atoms. The van der Waals surface area contributed by atoms with E-state index in [2.05, 4.69) is 0 Å². The fourth-order valence-electron chi connectivity index (χ4n) is 3.28. The second kappa shape index (κ2) is 7.36. The molecule has 7 heteroatoms. The maximum absolute atomic E-state index is 12.9. The summed E-state index contributed by atoms with van der Waals surface area (Å²) < 4.78 is 10.6. The first-order valence-corrected chi connectivity index (χ1v) is 9.46. The van der Waals surface area contributed by atoms with E-state index in [9.17, 15) is 14.7 Å². The van der Waals surface area contributed by atoms with Crippen molar-refractivity contribution in [3.63, 3.8) is 0 Å². The van der Waals surface area contributed by atoms with Crippen molar-refractivity contribution in [3.8, 4) is 5.75 Å². The van der Waals surface area contributed by atoms with Gasteiger partial charge in [0, 0.05) is 10.4 Å². The molecule has 1 unspecified atom stereocenters. The second-order valence-electron chi connectivity index (χ2n) is 6.25. The molecule has 6 nitrogen and oxygen atoms in total. The highest BCUT2D eigenvalue weighted by molar-refractivity contribution is 7.10. The molecule has 1 fully saturated rings. The number of furan rings is 1. The Morgan fingerprint density at radius 2 is 2.07 bits per heavy atom. The van der Waals surface area contributed by atoms with Crippen molar-refractivity contribution in [3.05, 3.63) is 81.9 Å². The van der Waals surface area contributed by atoms with Crippen molar-refractivity contribution in [2.45, 2.75) is 12.6 Å². The van der Waals surface area contributed by atoms with Crippen LogP contribution in [0.4, 0.5) is 0 Å². The Hall–Kier alpha value is -3.32. The van der Waals surface area contributed by atoms with Crippen LogP contribution >= 0.6 is 11.3 Å². The first-order chi connectivity index (χ1) is 13.6. The smallest absolute Gasteiger partial charge is 0.296 e. The van der Waals surface area contributed by atoms with Gasteiger partial charge in [-0.3, -0.25) is 9.59 Å². The van der Waals surface area contributed by atoms with Crippen LogP contribution in [0.1, 0.15) is 22.2 Å². The van der Waals surface area contributed by atoms with Crippen molar-refractivity contribution >= 4 is 28.8 Å². The van der Waals surface area contributed by atoms with Gasteiger partial charge < -0.3 is 19.2 Å². The van der Waals surface area contributed by atoms with E-state index >= 15 is 0 Å². The van der Waals surface area contributed by atoms with Gasteiger partial charge in [-0.1, -0.05) is 18.2 Å². The van der Waals surface area contributed by atoms with Crippen LogP contribution in [0.5, 0.6) is 5.75 Å². The van der Waals surface area contributed by atoms with Gasteiger partial charge in [-0.2, -0.15) is 0 Å². The Balaban J connectivity index is 1.84. The van der Waals surface area contributed by atoms with Crippen LogP contribution < -0.4 is 4.74 Å². The number of ketones is 1. The number of aliphatic hydroxyl groups is 1. The van der Waals surface area contributed by atoms with Crippen LogP contribution in [0.2, 0.25) is 0 Å². The Morgan fingerprint density at radius 3 is 2.75 bits per heavy atom. The zero-order valence-electron chi connectivity index (χ0n) is 15.0. The van der Waals surface area contributed by atoms with Crippen LogP contribution in [0, 0.1) is 0 Å². The normalized spacial score (nSPS) is 18.6. The number of methoxy groups -OCH3 is 1. The van der Waals surface area contributed by atoms with Crippen molar-refractivity contribution in [1.29, 1.82) is 0 Å². The minimum absolute atomic E-state index is 0.0623. The van der Waals surface area contributed by atoms with Crippen LogP contribution in [0.3, 0.4) is 0 Å². The molecule has 0 saturated carbocycles. The van der Waals surface area contributed by atoms with Gasteiger partial charge in [-0.15, -0.1) is 11.3 Å². The lowest BCUT2D eigenvalue weighted by molar-refractivity contribution is -0.140. The molecule has 1 amide bonds. The zero-order valence-corrected chi connectivity index (χ0v) is 15.8. The fourth-order valence-corrected chi connectivity index (χ4v) is 4.13. The molecule has 0 aliphatic carbocycles. The molecule has 1 atom stereocenters. The number of amides is 1. The van der Waals surface area contributed by atoms with Crippen LogP contribution in [-0.2, 0) is 16.1 Å². The SMILES string of the molecule is COc1cccc(C(O)=C2C(=O)C(=O)N(Cc3ccco3)C2c2cccs2)c1.